The monoisotopic (exact) mass is 500 g/mol. The van der Waals surface area contributed by atoms with Crippen molar-refractivity contribution in [1.82, 2.24) is 19.8 Å². The third-order valence-electron chi connectivity index (χ3n) is 7.75. The van der Waals surface area contributed by atoms with Crippen molar-refractivity contribution in [2.24, 2.45) is 0 Å². The normalized spacial score (nSPS) is 19.0. The van der Waals surface area contributed by atoms with Crippen LogP contribution in [0.2, 0.25) is 0 Å². The number of nitrogens with zero attached hydrogens (tertiary/aromatic N) is 3. The fourth-order valence-corrected chi connectivity index (χ4v) is 6.79. The molecule has 0 bridgehead atoms. The molecule has 3 aromatic rings. The van der Waals surface area contributed by atoms with Crippen LogP contribution in [-0.2, 0) is 24.2 Å². The Balaban J connectivity index is 1.17. The molecule has 186 valence electrons. The molecule has 1 saturated carbocycles. The molecule has 1 aromatic heterocycles. The summed E-state index contributed by atoms with van der Waals surface area (Å²) in [5.74, 6) is 0.0954. The van der Waals surface area contributed by atoms with E-state index in [9.17, 15) is 9.59 Å². The quantitative estimate of drug-likeness (QED) is 0.486. The van der Waals surface area contributed by atoms with E-state index in [1.165, 1.54) is 30.4 Å². The van der Waals surface area contributed by atoms with Gasteiger partial charge in [0.2, 0.25) is 5.91 Å². The molecule has 2 aliphatic carbocycles. The molecule has 1 amide bonds. The summed E-state index contributed by atoms with van der Waals surface area (Å²) in [5, 5.41) is 4.90. The number of para-hydroxylation sites is 1. The van der Waals surface area contributed by atoms with Crippen molar-refractivity contribution < 1.29 is 4.79 Å². The summed E-state index contributed by atoms with van der Waals surface area (Å²) < 4.78 is 1.76. The Morgan fingerprint density at radius 3 is 2.64 bits per heavy atom. The van der Waals surface area contributed by atoms with Crippen molar-refractivity contribution in [3.63, 3.8) is 0 Å². The molecule has 0 spiro atoms. The number of amides is 1. The second kappa shape index (κ2) is 10.2. The van der Waals surface area contributed by atoms with Crippen LogP contribution in [0.25, 0.3) is 5.69 Å². The third kappa shape index (κ3) is 4.62. The second-order valence-electron chi connectivity index (χ2n) is 10.0. The number of fused-ring (bicyclic) bond motifs is 2. The van der Waals surface area contributed by atoms with Gasteiger partial charge in [-0.25, -0.2) is 4.98 Å². The van der Waals surface area contributed by atoms with E-state index in [1.807, 2.05) is 35.2 Å². The van der Waals surface area contributed by atoms with Gasteiger partial charge in [-0.2, -0.15) is 0 Å². The summed E-state index contributed by atoms with van der Waals surface area (Å²) in [6.45, 7) is 1.60. The van der Waals surface area contributed by atoms with Gasteiger partial charge in [-0.05, 0) is 48.9 Å². The summed E-state index contributed by atoms with van der Waals surface area (Å²) in [4.78, 5) is 33.7. The Labute approximate surface area is 216 Å². The molecule has 1 unspecified atom stereocenters. The molecule has 1 fully saturated rings. The fraction of sp³-hybridized carbons (Fsp3) is 0.414. The minimum Gasteiger partial charge on any atom is -0.338 e. The number of hydrogen-bond donors (Lipinski definition) is 1. The van der Waals surface area contributed by atoms with Crippen molar-refractivity contribution in [2.75, 3.05) is 13.1 Å². The van der Waals surface area contributed by atoms with Crippen LogP contribution in [0.5, 0.6) is 0 Å². The van der Waals surface area contributed by atoms with Crippen LogP contribution in [0, 0.1) is 0 Å². The maximum atomic E-state index is 13.8. The molecule has 6 rings (SSSR count). The van der Waals surface area contributed by atoms with Crippen LogP contribution >= 0.6 is 11.8 Å². The zero-order chi connectivity index (χ0) is 24.5. The number of thioether (sulfide) groups is 1. The van der Waals surface area contributed by atoms with E-state index >= 15 is 0 Å². The number of aryl methyl sites for hydroxylation is 1. The predicted molar refractivity (Wildman–Crippen MR) is 143 cm³/mol. The molecule has 0 saturated heterocycles. The van der Waals surface area contributed by atoms with Crippen molar-refractivity contribution in [1.29, 1.82) is 0 Å². The lowest BCUT2D eigenvalue weighted by Crippen LogP contribution is -2.42. The van der Waals surface area contributed by atoms with E-state index in [4.69, 9.17) is 4.98 Å². The minimum absolute atomic E-state index is 0.0359. The highest BCUT2D eigenvalue weighted by atomic mass is 32.2. The van der Waals surface area contributed by atoms with Gasteiger partial charge in [-0.15, -0.1) is 0 Å². The number of benzene rings is 2. The largest absolute Gasteiger partial charge is 0.338 e. The first-order chi connectivity index (χ1) is 17.7. The molecule has 1 N–H and O–H groups in total. The molecule has 1 aliphatic heterocycles. The first kappa shape index (κ1) is 23.5. The van der Waals surface area contributed by atoms with E-state index in [-0.39, 0.29) is 11.5 Å². The van der Waals surface area contributed by atoms with Gasteiger partial charge in [-0.3, -0.25) is 14.2 Å². The highest BCUT2D eigenvalue weighted by Gasteiger charge is 2.29. The zero-order valence-electron chi connectivity index (χ0n) is 20.5. The molecule has 3 aliphatic rings. The fourth-order valence-electron chi connectivity index (χ4n) is 5.47. The van der Waals surface area contributed by atoms with Crippen molar-refractivity contribution in [2.45, 2.75) is 67.9 Å². The first-order valence-electron chi connectivity index (χ1n) is 13.1. The average Bonchev–Trinajstić information content (AvgIpc) is 3.30. The van der Waals surface area contributed by atoms with Crippen LogP contribution < -0.4 is 10.9 Å². The van der Waals surface area contributed by atoms with Crippen LogP contribution in [0.3, 0.4) is 0 Å². The molecule has 36 heavy (non-hydrogen) atoms. The van der Waals surface area contributed by atoms with Gasteiger partial charge in [0.1, 0.15) is 0 Å². The van der Waals surface area contributed by atoms with Gasteiger partial charge >= 0.3 is 0 Å². The molecule has 2 aromatic carbocycles. The molecular formula is C29H32N4O2S. The SMILES string of the molecule is O=C(CCNC1CCc2ccccc21)N1CCc2nc(SC3CCC3)n(-c3ccccc3)c(=O)c2C1. The molecule has 7 heteroatoms. The lowest BCUT2D eigenvalue weighted by atomic mass is 10.0. The molecule has 2 heterocycles. The standard InChI is InChI=1S/C29H32N4O2S/c34-27(15-17-30-25-14-13-20-7-4-5-12-23(20)25)32-18-16-26-24(19-32)28(35)33(21-8-2-1-3-9-21)29(31-26)36-22-10-6-11-22/h1-5,7-9,12,22,25,30H,6,10-11,13-19H2. The zero-order valence-corrected chi connectivity index (χ0v) is 21.3. The van der Waals surface area contributed by atoms with E-state index in [0.717, 1.165) is 29.4 Å². The number of nitrogens with one attached hydrogen (secondary N) is 1. The first-order valence-corrected chi connectivity index (χ1v) is 14.0. The number of carbonyl (C=O) groups is 1. The topological polar surface area (TPSA) is 67.2 Å². The highest BCUT2D eigenvalue weighted by Crippen LogP contribution is 2.36. The van der Waals surface area contributed by atoms with Gasteiger partial charge < -0.3 is 10.2 Å². The van der Waals surface area contributed by atoms with Gasteiger partial charge in [0.25, 0.3) is 5.56 Å². The molecular weight excluding hydrogens is 468 g/mol. The Bertz CT molecular complexity index is 1320. The van der Waals surface area contributed by atoms with E-state index in [0.29, 0.717) is 49.3 Å². The summed E-state index contributed by atoms with van der Waals surface area (Å²) in [6, 6.07) is 18.6. The smallest absolute Gasteiger partial charge is 0.264 e. The number of carbonyl (C=O) groups excluding carboxylic acids is 1. The van der Waals surface area contributed by atoms with Crippen molar-refractivity contribution in [3.8, 4) is 5.69 Å². The van der Waals surface area contributed by atoms with Crippen molar-refractivity contribution >= 4 is 17.7 Å². The van der Waals surface area contributed by atoms with Gasteiger partial charge in [0, 0.05) is 37.2 Å². The lowest BCUT2D eigenvalue weighted by Gasteiger charge is -2.30. The highest BCUT2D eigenvalue weighted by molar-refractivity contribution is 7.99. The minimum atomic E-state index is -0.0359. The Kier molecular flexibility index (Phi) is 6.67. The van der Waals surface area contributed by atoms with E-state index < -0.39 is 0 Å². The number of rotatable bonds is 7. The average molecular weight is 501 g/mol. The summed E-state index contributed by atoms with van der Waals surface area (Å²) in [7, 11) is 0. The second-order valence-corrected chi connectivity index (χ2v) is 11.3. The summed E-state index contributed by atoms with van der Waals surface area (Å²) in [6.07, 6.45) is 6.84. The molecule has 6 nitrogen and oxygen atoms in total. The van der Waals surface area contributed by atoms with Crippen LogP contribution in [-0.4, -0.2) is 38.7 Å². The van der Waals surface area contributed by atoms with Gasteiger partial charge in [0.05, 0.1) is 23.5 Å². The van der Waals surface area contributed by atoms with Crippen LogP contribution in [0.1, 0.15) is 60.5 Å². The maximum Gasteiger partial charge on any atom is 0.264 e. The van der Waals surface area contributed by atoms with Crippen LogP contribution in [0.15, 0.2) is 64.5 Å². The number of hydrogen-bond acceptors (Lipinski definition) is 5. The van der Waals surface area contributed by atoms with Crippen molar-refractivity contribution in [3.05, 3.63) is 87.3 Å². The summed E-state index contributed by atoms with van der Waals surface area (Å²) >= 11 is 1.73. The van der Waals surface area contributed by atoms with E-state index in [2.05, 4.69) is 29.6 Å². The Morgan fingerprint density at radius 1 is 1.03 bits per heavy atom. The maximum absolute atomic E-state index is 13.8. The van der Waals surface area contributed by atoms with E-state index in [1.54, 1.807) is 16.3 Å². The van der Waals surface area contributed by atoms with Gasteiger partial charge in [0.15, 0.2) is 5.16 Å². The van der Waals surface area contributed by atoms with Crippen LogP contribution in [0.4, 0.5) is 0 Å². The lowest BCUT2D eigenvalue weighted by molar-refractivity contribution is -0.132. The third-order valence-corrected chi connectivity index (χ3v) is 9.04. The molecule has 1 atom stereocenters. The summed E-state index contributed by atoms with van der Waals surface area (Å²) in [5.41, 5.74) is 5.09. The number of aromatic nitrogens is 2. The predicted octanol–water partition coefficient (Wildman–Crippen LogP) is 4.43. The van der Waals surface area contributed by atoms with Gasteiger partial charge in [-0.1, -0.05) is 60.6 Å². The Hall–Kier alpha value is -2.90. The Morgan fingerprint density at radius 2 is 1.83 bits per heavy atom. The molecule has 0 radical (unpaired) electrons.